The number of benzene rings is 1. The molecule has 1 N–H and O–H groups in total. The summed E-state index contributed by atoms with van der Waals surface area (Å²) in [6.45, 7) is 1.11. The summed E-state index contributed by atoms with van der Waals surface area (Å²) < 4.78 is 98.6. The molecule has 3 nitrogen and oxygen atoms in total. The van der Waals surface area contributed by atoms with Gasteiger partial charge < -0.3 is 9.87 Å². The summed E-state index contributed by atoms with van der Waals surface area (Å²) in [6, 6.07) is 0.983. The molecule has 0 aliphatic heterocycles. The van der Waals surface area contributed by atoms with E-state index in [1.165, 1.54) is 5.32 Å². The predicted molar refractivity (Wildman–Crippen MR) is 63.1 cm³/mol. The molecule has 1 rings (SSSR count). The van der Waals surface area contributed by atoms with E-state index < -0.39 is 51.6 Å². The number of amides is 1. The Balaban J connectivity index is 3.17. The van der Waals surface area contributed by atoms with Crippen LogP contribution in [0.1, 0.15) is 5.56 Å². The molecule has 0 bridgehead atoms. The topological polar surface area (TPSA) is 52.2 Å². The van der Waals surface area contributed by atoms with Gasteiger partial charge in [-0.3, -0.25) is 4.79 Å². The number of hydrogen-bond acceptors (Lipinski definition) is 2. The summed E-state index contributed by atoms with van der Waals surface area (Å²) >= 11 is -3.15. The van der Waals surface area contributed by atoms with Gasteiger partial charge in [0.2, 0.25) is 0 Å². The van der Waals surface area contributed by atoms with Crippen LogP contribution in [0.15, 0.2) is 17.0 Å². The number of hydrogen-bond donors (Lipinski definition) is 1. The number of anilines is 1. The first kappa shape index (κ1) is 18.6. The molecule has 11 heteroatoms. The highest BCUT2D eigenvalue weighted by atomic mass is 32.2. The average Bonchev–Trinajstić information content (AvgIpc) is 2.38. The zero-order valence-corrected chi connectivity index (χ0v) is 11.5. The van der Waals surface area contributed by atoms with E-state index in [2.05, 4.69) is 0 Å². The van der Waals surface area contributed by atoms with Crippen LogP contribution in [-0.4, -0.2) is 28.6 Å². The first-order chi connectivity index (χ1) is 9.95. The number of nitrogens with one attached hydrogen (secondary N) is 1. The Morgan fingerprint density at radius 1 is 1.27 bits per heavy atom. The minimum absolute atomic E-state index is 0.191. The molecule has 0 saturated heterocycles. The summed E-state index contributed by atoms with van der Waals surface area (Å²) in [5, 5.41) is 1.37. The van der Waals surface area contributed by atoms with Gasteiger partial charge in [-0.2, -0.15) is 17.6 Å². The van der Waals surface area contributed by atoms with E-state index >= 15 is 0 Å². The van der Waals surface area contributed by atoms with E-state index in [1.54, 1.807) is 0 Å². The number of aryl methyl sites for hydroxylation is 1. The molecular weight excluding hydrogens is 343 g/mol. The van der Waals surface area contributed by atoms with E-state index in [9.17, 15) is 40.1 Å². The number of carbonyl (C=O) groups is 1. The number of carbonyl (C=O) groups excluding carboxylic acids is 1. The molecule has 124 valence electrons. The van der Waals surface area contributed by atoms with Crippen LogP contribution in [-0.2, 0) is 16.0 Å². The van der Waals surface area contributed by atoms with Crippen molar-refractivity contribution in [3.8, 4) is 0 Å². The average molecular weight is 351 g/mol. The van der Waals surface area contributed by atoms with Crippen molar-refractivity contribution in [3.05, 3.63) is 23.5 Å². The van der Waals surface area contributed by atoms with Gasteiger partial charge in [-0.15, -0.1) is 0 Å². The Labute approximate surface area is 122 Å². The number of alkyl halides is 6. The minimum Gasteiger partial charge on any atom is -0.609 e. The van der Waals surface area contributed by atoms with Crippen LogP contribution >= 0.6 is 0 Å². The van der Waals surface area contributed by atoms with Crippen molar-refractivity contribution < 1.29 is 40.1 Å². The fourth-order valence-electron chi connectivity index (χ4n) is 1.35. The van der Waals surface area contributed by atoms with Crippen molar-refractivity contribution >= 4 is 22.8 Å². The van der Waals surface area contributed by atoms with Crippen molar-refractivity contribution in [2.45, 2.75) is 29.9 Å². The van der Waals surface area contributed by atoms with E-state index in [1.807, 2.05) is 0 Å². The zero-order valence-electron chi connectivity index (χ0n) is 10.7. The summed E-state index contributed by atoms with van der Waals surface area (Å²) in [5.41, 5.74) is -4.03. The van der Waals surface area contributed by atoms with E-state index in [4.69, 9.17) is 0 Å². The molecule has 1 aromatic rings. The van der Waals surface area contributed by atoms with Gasteiger partial charge in [0.1, 0.15) is 0 Å². The third-order valence-corrected chi connectivity index (χ3v) is 3.77. The van der Waals surface area contributed by atoms with Gasteiger partial charge in [0.15, 0.2) is 10.7 Å². The first-order valence-electron chi connectivity index (χ1n) is 5.46. The summed E-state index contributed by atoms with van der Waals surface area (Å²) in [4.78, 5) is 9.72. The second-order valence-corrected chi connectivity index (χ2v) is 5.52. The third kappa shape index (κ3) is 4.26. The lowest BCUT2D eigenvalue weighted by atomic mass is 10.2. The molecule has 0 saturated carbocycles. The van der Waals surface area contributed by atoms with Crippen molar-refractivity contribution in [2.24, 2.45) is 0 Å². The Morgan fingerprint density at radius 2 is 1.82 bits per heavy atom. The fourth-order valence-corrected chi connectivity index (χ4v) is 2.26. The monoisotopic (exact) mass is 351 g/mol. The van der Waals surface area contributed by atoms with Gasteiger partial charge in [0, 0.05) is 22.9 Å². The Kier molecular flexibility index (Phi) is 5.68. The van der Waals surface area contributed by atoms with Gasteiger partial charge in [-0.05, 0) is 18.6 Å². The minimum atomic E-state index is -5.24. The van der Waals surface area contributed by atoms with Crippen LogP contribution < -0.4 is 5.32 Å². The van der Waals surface area contributed by atoms with Gasteiger partial charge in [-0.25, -0.2) is 13.2 Å². The molecule has 0 aromatic heterocycles. The first-order valence-corrected chi connectivity index (χ1v) is 6.67. The second-order valence-electron chi connectivity index (χ2n) is 4.03. The maximum Gasteiger partial charge on any atom is 0.471 e. The standard InChI is InChI=1S/C11H8F7NO2S/c1-4-2-5(12)7(22(21)9(15)8(13)14)3-6(4)19-10(20)11(16,17)18/h2-3,8-9H,1H3,(H,19,20). The Morgan fingerprint density at radius 3 is 2.27 bits per heavy atom. The highest BCUT2D eigenvalue weighted by Gasteiger charge is 2.40. The molecule has 0 heterocycles. The van der Waals surface area contributed by atoms with Gasteiger partial charge in [0.05, 0.1) is 0 Å². The lowest BCUT2D eigenvalue weighted by molar-refractivity contribution is -0.167. The molecule has 22 heavy (non-hydrogen) atoms. The van der Waals surface area contributed by atoms with Crippen molar-refractivity contribution in [1.29, 1.82) is 0 Å². The molecule has 0 spiro atoms. The van der Waals surface area contributed by atoms with Gasteiger partial charge >= 0.3 is 24.0 Å². The zero-order chi connectivity index (χ0) is 17.2. The highest BCUT2D eigenvalue weighted by Crippen LogP contribution is 2.30. The normalized spacial score (nSPS) is 14.8. The SMILES string of the molecule is Cc1cc(F)c([S+]([O-])C(F)C(F)F)cc1NC(=O)C(F)(F)F. The molecular formula is C11H8F7NO2S. The highest BCUT2D eigenvalue weighted by molar-refractivity contribution is 7.92. The maximum absolute atomic E-state index is 13.5. The molecule has 0 radical (unpaired) electrons. The van der Waals surface area contributed by atoms with E-state index in [0.717, 1.165) is 6.92 Å². The van der Waals surface area contributed by atoms with Crippen molar-refractivity contribution in [3.63, 3.8) is 0 Å². The van der Waals surface area contributed by atoms with E-state index in [-0.39, 0.29) is 5.56 Å². The van der Waals surface area contributed by atoms with Crippen LogP contribution in [0.2, 0.25) is 0 Å². The molecule has 0 aliphatic rings. The van der Waals surface area contributed by atoms with Crippen LogP contribution in [0.25, 0.3) is 0 Å². The largest absolute Gasteiger partial charge is 0.609 e. The quantitative estimate of drug-likeness (QED) is 0.668. The summed E-state index contributed by atoms with van der Waals surface area (Å²) in [6.07, 6.45) is -8.92. The molecule has 2 unspecified atom stereocenters. The van der Waals surface area contributed by atoms with Crippen molar-refractivity contribution in [2.75, 3.05) is 5.32 Å². The molecule has 1 amide bonds. The molecule has 0 aliphatic carbocycles. The van der Waals surface area contributed by atoms with Gasteiger partial charge in [-0.1, -0.05) is 0 Å². The number of rotatable bonds is 4. The lowest BCUT2D eigenvalue weighted by Crippen LogP contribution is -2.30. The van der Waals surface area contributed by atoms with Crippen molar-refractivity contribution in [1.82, 2.24) is 0 Å². The number of halogens is 7. The van der Waals surface area contributed by atoms with Crippen LogP contribution in [0.5, 0.6) is 0 Å². The maximum atomic E-state index is 13.5. The third-order valence-electron chi connectivity index (χ3n) is 2.40. The van der Waals surface area contributed by atoms with Gasteiger partial charge in [0.25, 0.3) is 0 Å². The molecule has 0 fully saturated rings. The van der Waals surface area contributed by atoms with Crippen LogP contribution in [0, 0.1) is 12.7 Å². The summed E-state index contributed by atoms with van der Waals surface area (Å²) in [5.74, 6) is -3.74. The fraction of sp³-hybridized carbons (Fsp3) is 0.364. The Hall–Kier alpha value is -1.49. The van der Waals surface area contributed by atoms with Crippen LogP contribution in [0.3, 0.4) is 0 Å². The second kappa shape index (κ2) is 6.73. The molecule has 1 aromatic carbocycles. The molecule has 2 atom stereocenters. The smallest absolute Gasteiger partial charge is 0.471 e. The lowest BCUT2D eigenvalue weighted by Gasteiger charge is -2.17. The summed E-state index contributed by atoms with van der Waals surface area (Å²) in [7, 11) is 0. The Bertz CT molecular complexity index is 564. The van der Waals surface area contributed by atoms with E-state index in [0.29, 0.717) is 12.1 Å². The van der Waals surface area contributed by atoms with Crippen LogP contribution in [0.4, 0.5) is 36.4 Å². The predicted octanol–water partition coefficient (Wildman–Crippen LogP) is 3.30.